The van der Waals surface area contributed by atoms with Crippen molar-refractivity contribution in [3.8, 4) is 0 Å². The molecule has 1 unspecified atom stereocenters. The molecule has 0 saturated carbocycles. The monoisotopic (exact) mass is 299 g/mol. The van der Waals surface area contributed by atoms with Gasteiger partial charge in [0.2, 0.25) is 0 Å². The van der Waals surface area contributed by atoms with Crippen molar-refractivity contribution < 1.29 is 19.4 Å². The number of ether oxygens (including phenoxy) is 1. The normalized spacial score (nSPS) is 12.8. The summed E-state index contributed by atoms with van der Waals surface area (Å²) in [6, 6.07) is 0.963. The van der Waals surface area contributed by atoms with Crippen molar-refractivity contribution in [2.24, 2.45) is 0 Å². The molecule has 1 heterocycles. The van der Waals surface area contributed by atoms with Gasteiger partial charge in [-0.05, 0) is 46.2 Å². The average molecular weight is 299 g/mol. The van der Waals surface area contributed by atoms with Gasteiger partial charge in [0.25, 0.3) is 0 Å². The molecule has 1 aromatic rings. The molecule has 112 valence electrons. The minimum atomic E-state index is -1.07. The number of aryl methyl sites for hydroxylation is 2. The van der Waals surface area contributed by atoms with Crippen LogP contribution in [-0.2, 0) is 16.0 Å². The van der Waals surface area contributed by atoms with Gasteiger partial charge < -0.3 is 15.2 Å². The molecule has 0 saturated heterocycles. The molecule has 1 aromatic heterocycles. The molecule has 0 fully saturated rings. The number of carboxylic acid groups (broad SMARTS) is 1. The zero-order chi connectivity index (χ0) is 15.5. The lowest BCUT2D eigenvalue weighted by atomic mass is 10.1. The Morgan fingerprint density at radius 1 is 1.40 bits per heavy atom. The van der Waals surface area contributed by atoms with Gasteiger partial charge >= 0.3 is 12.1 Å². The molecular weight excluding hydrogens is 278 g/mol. The molecule has 0 radical (unpaired) electrons. The van der Waals surface area contributed by atoms with Gasteiger partial charge in [-0.1, -0.05) is 0 Å². The second kappa shape index (κ2) is 6.26. The van der Waals surface area contributed by atoms with E-state index in [-0.39, 0.29) is 6.42 Å². The van der Waals surface area contributed by atoms with Crippen molar-refractivity contribution >= 4 is 23.4 Å². The number of thiophene rings is 1. The minimum Gasteiger partial charge on any atom is -0.480 e. The third kappa shape index (κ3) is 5.21. The Kier molecular flexibility index (Phi) is 5.16. The van der Waals surface area contributed by atoms with Crippen LogP contribution in [0.3, 0.4) is 0 Å². The fourth-order valence-electron chi connectivity index (χ4n) is 1.76. The summed E-state index contributed by atoms with van der Waals surface area (Å²) in [5.41, 5.74) is 0.290. The van der Waals surface area contributed by atoms with E-state index in [1.807, 2.05) is 19.9 Å². The summed E-state index contributed by atoms with van der Waals surface area (Å²) in [6.45, 7) is 9.11. The number of carbonyl (C=O) groups excluding carboxylic acids is 1. The minimum absolute atomic E-state index is 0.255. The predicted octanol–water partition coefficient (Wildman–Crippen LogP) is 2.89. The van der Waals surface area contributed by atoms with Gasteiger partial charge in [-0.3, -0.25) is 0 Å². The fourth-order valence-corrected chi connectivity index (χ4v) is 2.71. The van der Waals surface area contributed by atoms with Gasteiger partial charge in [-0.2, -0.15) is 0 Å². The molecule has 1 rings (SSSR count). The van der Waals surface area contributed by atoms with Gasteiger partial charge in [-0.25, -0.2) is 9.59 Å². The Morgan fingerprint density at radius 3 is 2.40 bits per heavy atom. The zero-order valence-electron chi connectivity index (χ0n) is 12.4. The lowest BCUT2D eigenvalue weighted by molar-refractivity contribution is -0.139. The van der Waals surface area contributed by atoms with Crippen LogP contribution in [0.1, 0.15) is 36.1 Å². The van der Waals surface area contributed by atoms with E-state index in [4.69, 9.17) is 4.74 Å². The number of aliphatic carboxylic acids is 1. The third-order valence-corrected chi connectivity index (χ3v) is 3.57. The number of alkyl carbamates (subject to hydrolysis) is 1. The first-order valence-corrected chi connectivity index (χ1v) is 7.18. The molecule has 6 heteroatoms. The van der Waals surface area contributed by atoms with Gasteiger partial charge in [0.15, 0.2) is 0 Å². The van der Waals surface area contributed by atoms with Crippen molar-refractivity contribution in [3.05, 3.63) is 21.4 Å². The summed E-state index contributed by atoms with van der Waals surface area (Å²) in [5.74, 6) is -1.07. The molecule has 0 aliphatic rings. The second-order valence-electron chi connectivity index (χ2n) is 5.68. The summed E-state index contributed by atoms with van der Waals surface area (Å²) < 4.78 is 5.08. The molecule has 1 amide bonds. The first-order valence-electron chi connectivity index (χ1n) is 6.36. The van der Waals surface area contributed by atoms with Crippen LogP contribution in [0.4, 0.5) is 4.79 Å². The summed E-state index contributed by atoms with van der Waals surface area (Å²) in [6.07, 6.45) is -0.459. The number of carboxylic acids is 1. The summed E-state index contributed by atoms with van der Waals surface area (Å²) in [4.78, 5) is 25.1. The Morgan fingerprint density at radius 2 is 2.00 bits per heavy atom. The fraction of sp³-hybridized carbons (Fsp3) is 0.571. The largest absolute Gasteiger partial charge is 0.480 e. The Balaban J connectivity index is 2.73. The first kappa shape index (κ1) is 16.5. The quantitative estimate of drug-likeness (QED) is 0.896. The molecular formula is C14H21NO4S. The van der Waals surface area contributed by atoms with Crippen LogP contribution < -0.4 is 5.32 Å². The van der Waals surface area contributed by atoms with Crippen LogP contribution in [0.5, 0.6) is 0 Å². The SMILES string of the molecule is Cc1cc(CC(NC(=O)OC(C)(C)C)C(=O)O)c(C)s1. The first-order chi connectivity index (χ1) is 9.08. The van der Waals surface area contributed by atoms with Crippen LogP contribution in [0.25, 0.3) is 0 Å². The van der Waals surface area contributed by atoms with E-state index in [0.717, 1.165) is 15.3 Å². The number of hydrogen-bond acceptors (Lipinski definition) is 4. The van der Waals surface area contributed by atoms with Crippen molar-refractivity contribution in [1.82, 2.24) is 5.32 Å². The average Bonchev–Trinajstić information content (AvgIpc) is 2.53. The topological polar surface area (TPSA) is 75.6 Å². The van der Waals surface area contributed by atoms with E-state index in [9.17, 15) is 14.7 Å². The molecule has 0 aliphatic carbocycles. The number of hydrogen-bond donors (Lipinski definition) is 2. The highest BCUT2D eigenvalue weighted by molar-refractivity contribution is 7.12. The molecule has 2 N–H and O–H groups in total. The highest BCUT2D eigenvalue weighted by atomic mass is 32.1. The number of carbonyl (C=O) groups is 2. The Bertz CT molecular complexity index is 502. The Labute approximate surface area is 123 Å². The van der Waals surface area contributed by atoms with E-state index in [1.54, 1.807) is 32.1 Å². The maximum absolute atomic E-state index is 11.7. The highest BCUT2D eigenvalue weighted by Crippen LogP contribution is 2.22. The molecule has 0 bridgehead atoms. The number of amides is 1. The summed E-state index contributed by atoms with van der Waals surface area (Å²) >= 11 is 1.61. The molecule has 20 heavy (non-hydrogen) atoms. The highest BCUT2D eigenvalue weighted by Gasteiger charge is 2.25. The van der Waals surface area contributed by atoms with Crippen molar-refractivity contribution in [1.29, 1.82) is 0 Å². The van der Waals surface area contributed by atoms with E-state index in [0.29, 0.717) is 0 Å². The van der Waals surface area contributed by atoms with Crippen LogP contribution >= 0.6 is 11.3 Å². The predicted molar refractivity (Wildman–Crippen MR) is 78.3 cm³/mol. The zero-order valence-corrected chi connectivity index (χ0v) is 13.3. The maximum atomic E-state index is 11.7. The lowest BCUT2D eigenvalue weighted by Crippen LogP contribution is -2.44. The number of nitrogens with one attached hydrogen (secondary N) is 1. The van der Waals surface area contributed by atoms with Crippen molar-refractivity contribution in [2.75, 3.05) is 0 Å². The van der Waals surface area contributed by atoms with Crippen LogP contribution in [0.2, 0.25) is 0 Å². The van der Waals surface area contributed by atoms with Crippen molar-refractivity contribution in [2.45, 2.75) is 52.7 Å². The molecule has 0 spiro atoms. The van der Waals surface area contributed by atoms with E-state index < -0.39 is 23.7 Å². The van der Waals surface area contributed by atoms with Crippen molar-refractivity contribution in [3.63, 3.8) is 0 Å². The molecule has 5 nitrogen and oxygen atoms in total. The van der Waals surface area contributed by atoms with E-state index in [2.05, 4.69) is 5.32 Å². The molecule has 0 aromatic carbocycles. The van der Waals surface area contributed by atoms with E-state index >= 15 is 0 Å². The van der Waals surface area contributed by atoms with Crippen LogP contribution in [-0.4, -0.2) is 28.8 Å². The Hall–Kier alpha value is -1.56. The summed E-state index contributed by atoms with van der Waals surface area (Å²) in [5, 5.41) is 11.6. The lowest BCUT2D eigenvalue weighted by Gasteiger charge is -2.22. The number of rotatable bonds is 4. The van der Waals surface area contributed by atoms with Gasteiger partial charge in [0.1, 0.15) is 11.6 Å². The smallest absolute Gasteiger partial charge is 0.408 e. The van der Waals surface area contributed by atoms with Gasteiger partial charge in [0, 0.05) is 16.2 Å². The van der Waals surface area contributed by atoms with Crippen LogP contribution in [0, 0.1) is 13.8 Å². The molecule has 1 atom stereocenters. The molecule has 0 aliphatic heterocycles. The maximum Gasteiger partial charge on any atom is 0.408 e. The second-order valence-corrected chi connectivity index (χ2v) is 7.14. The third-order valence-electron chi connectivity index (χ3n) is 2.56. The van der Waals surface area contributed by atoms with Gasteiger partial charge in [-0.15, -0.1) is 11.3 Å². The van der Waals surface area contributed by atoms with E-state index in [1.165, 1.54) is 0 Å². The standard InChI is InChI=1S/C14H21NO4S/c1-8-6-10(9(2)20-8)7-11(12(16)17)15-13(18)19-14(3,4)5/h6,11H,7H2,1-5H3,(H,15,18)(H,16,17). The summed E-state index contributed by atoms with van der Waals surface area (Å²) in [7, 11) is 0. The van der Waals surface area contributed by atoms with Gasteiger partial charge in [0.05, 0.1) is 0 Å². The van der Waals surface area contributed by atoms with Crippen LogP contribution in [0.15, 0.2) is 6.07 Å².